The SMILES string of the molecule is CC/C=C\C[C@H](O)/C=C/C=C\C=CC=C[C@H](SC[C@H](N)C(=O)NCC(=O)O)[C@H](O)C/C=C\CCC(=O)O. The minimum absolute atomic E-state index is 0.00729. The van der Waals surface area contributed by atoms with Gasteiger partial charge in [-0.1, -0.05) is 79.8 Å². The van der Waals surface area contributed by atoms with E-state index in [2.05, 4.69) is 5.32 Å². The van der Waals surface area contributed by atoms with Gasteiger partial charge in [-0.3, -0.25) is 14.4 Å². The Hall–Kier alpha value is -2.92. The lowest BCUT2D eigenvalue weighted by Crippen LogP contribution is -2.44. The maximum absolute atomic E-state index is 11.9. The molecule has 0 saturated carbocycles. The van der Waals surface area contributed by atoms with Crippen LogP contribution < -0.4 is 11.1 Å². The summed E-state index contributed by atoms with van der Waals surface area (Å²) in [5.74, 6) is -2.50. The number of thioether (sulfide) groups is 1. The zero-order valence-corrected chi connectivity index (χ0v) is 22.0. The molecule has 0 spiro atoms. The number of aliphatic carboxylic acids is 2. The molecule has 0 aromatic heterocycles. The van der Waals surface area contributed by atoms with Crippen LogP contribution in [0.1, 0.15) is 39.0 Å². The zero-order valence-electron chi connectivity index (χ0n) is 21.2. The maximum atomic E-state index is 11.9. The van der Waals surface area contributed by atoms with E-state index in [1.54, 1.807) is 60.8 Å². The summed E-state index contributed by atoms with van der Waals surface area (Å²) < 4.78 is 0. The molecular weight excluding hydrogens is 496 g/mol. The lowest BCUT2D eigenvalue weighted by Gasteiger charge is -2.20. The van der Waals surface area contributed by atoms with E-state index < -0.39 is 47.9 Å². The first-order chi connectivity index (χ1) is 17.7. The number of carbonyl (C=O) groups excluding carboxylic acids is 1. The number of allylic oxidation sites excluding steroid dienone is 8. The molecule has 206 valence electrons. The second-order valence-electron chi connectivity index (χ2n) is 7.95. The number of amides is 1. The molecule has 0 aliphatic rings. The fraction of sp³-hybridized carbons (Fsp3) is 0.444. The third-order valence-electron chi connectivity index (χ3n) is 4.64. The summed E-state index contributed by atoms with van der Waals surface area (Å²) in [6.45, 7) is 1.51. The first kappa shape index (κ1) is 34.1. The van der Waals surface area contributed by atoms with Gasteiger partial charge in [0.2, 0.25) is 5.91 Å². The van der Waals surface area contributed by atoms with Crippen molar-refractivity contribution < 1.29 is 34.8 Å². The molecule has 0 unspecified atom stereocenters. The Kier molecular flexibility index (Phi) is 20.5. The topological polar surface area (TPSA) is 170 Å². The van der Waals surface area contributed by atoms with Crippen molar-refractivity contribution in [3.05, 3.63) is 72.9 Å². The van der Waals surface area contributed by atoms with Crippen LogP contribution in [-0.4, -0.2) is 74.1 Å². The minimum atomic E-state index is -1.17. The molecule has 9 nitrogen and oxygen atoms in total. The molecule has 37 heavy (non-hydrogen) atoms. The van der Waals surface area contributed by atoms with Gasteiger partial charge in [-0.05, 0) is 25.7 Å². The van der Waals surface area contributed by atoms with Gasteiger partial charge in [0.15, 0.2) is 0 Å². The number of carboxylic acids is 2. The van der Waals surface area contributed by atoms with Crippen LogP contribution in [0.4, 0.5) is 0 Å². The Balaban J connectivity index is 4.95. The quantitative estimate of drug-likeness (QED) is 0.101. The van der Waals surface area contributed by atoms with Gasteiger partial charge in [0.05, 0.1) is 18.2 Å². The number of aliphatic hydroxyl groups is 2. The van der Waals surface area contributed by atoms with E-state index >= 15 is 0 Å². The van der Waals surface area contributed by atoms with Gasteiger partial charge in [0.1, 0.15) is 6.54 Å². The minimum Gasteiger partial charge on any atom is -0.481 e. The number of rotatable bonds is 20. The number of carbonyl (C=O) groups is 3. The molecule has 0 heterocycles. The van der Waals surface area contributed by atoms with Crippen LogP contribution >= 0.6 is 11.8 Å². The second-order valence-corrected chi connectivity index (χ2v) is 9.16. The normalized spacial score (nSPS) is 15.9. The molecule has 7 N–H and O–H groups in total. The Labute approximate surface area is 223 Å². The average Bonchev–Trinajstić information content (AvgIpc) is 2.85. The van der Waals surface area contributed by atoms with Crippen molar-refractivity contribution in [1.82, 2.24) is 5.32 Å². The summed E-state index contributed by atoms with van der Waals surface area (Å²) in [5.41, 5.74) is 5.85. The number of hydrogen-bond acceptors (Lipinski definition) is 7. The molecule has 0 aromatic rings. The fourth-order valence-corrected chi connectivity index (χ4v) is 3.79. The second kappa shape index (κ2) is 22.3. The van der Waals surface area contributed by atoms with Crippen molar-refractivity contribution >= 4 is 29.6 Å². The number of nitrogens with one attached hydrogen (secondary N) is 1. The molecule has 4 atom stereocenters. The van der Waals surface area contributed by atoms with E-state index in [-0.39, 0.29) is 18.6 Å². The van der Waals surface area contributed by atoms with Gasteiger partial charge < -0.3 is 31.5 Å². The van der Waals surface area contributed by atoms with Gasteiger partial charge >= 0.3 is 11.9 Å². The molecule has 0 saturated heterocycles. The van der Waals surface area contributed by atoms with E-state index in [4.69, 9.17) is 15.9 Å². The third kappa shape index (κ3) is 20.9. The smallest absolute Gasteiger partial charge is 0.322 e. The Bertz CT molecular complexity index is 850. The van der Waals surface area contributed by atoms with Crippen LogP contribution in [0.3, 0.4) is 0 Å². The van der Waals surface area contributed by atoms with Gasteiger partial charge in [-0.2, -0.15) is 0 Å². The zero-order chi connectivity index (χ0) is 27.9. The predicted molar refractivity (Wildman–Crippen MR) is 148 cm³/mol. The van der Waals surface area contributed by atoms with E-state index in [1.807, 2.05) is 19.1 Å². The number of carboxylic acid groups (broad SMARTS) is 2. The molecule has 1 amide bonds. The van der Waals surface area contributed by atoms with Crippen LogP contribution in [0.2, 0.25) is 0 Å². The first-order valence-corrected chi connectivity index (χ1v) is 13.1. The Morgan fingerprint density at radius 3 is 2.11 bits per heavy atom. The van der Waals surface area contributed by atoms with E-state index in [9.17, 15) is 24.6 Å². The number of nitrogens with two attached hydrogens (primary N) is 1. The molecule has 0 radical (unpaired) electrons. The summed E-state index contributed by atoms with van der Waals surface area (Å²) in [4.78, 5) is 33.1. The van der Waals surface area contributed by atoms with Crippen molar-refractivity contribution in [3.63, 3.8) is 0 Å². The largest absolute Gasteiger partial charge is 0.481 e. The molecule has 0 aliphatic carbocycles. The Morgan fingerprint density at radius 2 is 1.49 bits per heavy atom. The van der Waals surface area contributed by atoms with E-state index in [0.29, 0.717) is 12.8 Å². The van der Waals surface area contributed by atoms with E-state index in [1.165, 1.54) is 11.8 Å². The summed E-state index contributed by atoms with van der Waals surface area (Å²) >= 11 is 1.26. The van der Waals surface area contributed by atoms with Gasteiger partial charge in [0.25, 0.3) is 0 Å². The van der Waals surface area contributed by atoms with Crippen molar-refractivity contribution in [2.45, 2.75) is 62.5 Å². The van der Waals surface area contributed by atoms with Crippen LogP contribution in [0.25, 0.3) is 0 Å². The fourth-order valence-electron chi connectivity index (χ4n) is 2.68. The summed E-state index contributed by atoms with van der Waals surface area (Å²) in [6.07, 6.45) is 22.3. The highest BCUT2D eigenvalue weighted by atomic mass is 32.2. The molecule has 0 aliphatic heterocycles. The average molecular weight is 537 g/mol. The standard InChI is InChI=1S/C27H40N2O7S/c1-2-3-9-14-21(30)15-10-6-4-5-7-12-17-24(23(31)16-11-8-13-18-25(32)33)37-20-22(28)27(36)29-19-26(34)35/h3-12,15,17,21-24,30-31H,2,13-14,16,18-20,28H2,1H3,(H,29,36)(H,32,33)(H,34,35)/b6-4-,7-5?,9-3-,11-8-,15-10+,17-12?/t21-,22-,23+,24-/m0/s1. The lowest BCUT2D eigenvalue weighted by atomic mass is 10.1. The monoisotopic (exact) mass is 536 g/mol. The molecule has 0 aromatic carbocycles. The number of aliphatic hydroxyl groups excluding tert-OH is 2. The van der Waals surface area contributed by atoms with Crippen molar-refractivity contribution in [3.8, 4) is 0 Å². The van der Waals surface area contributed by atoms with Crippen LogP contribution in [0.5, 0.6) is 0 Å². The van der Waals surface area contributed by atoms with Crippen LogP contribution in [0, 0.1) is 0 Å². The van der Waals surface area contributed by atoms with Crippen molar-refractivity contribution in [2.24, 2.45) is 5.73 Å². The highest BCUT2D eigenvalue weighted by Gasteiger charge is 2.20. The highest BCUT2D eigenvalue weighted by molar-refractivity contribution is 8.00. The van der Waals surface area contributed by atoms with Crippen molar-refractivity contribution in [1.29, 1.82) is 0 Å². The predicted octanol–water partition coefficient (Wildman–Crippen LogP) is 2.73. The van der Waals surface area contributed by atoms with Crippen LogP contribution in [-0.2, 0) is 14.4 Å². The molecular formula is C27H40N2O7S. The van der Waals surface area contributed by atoms with Gasteiger partial charge in [-0.15, -0.1) is 11.8 Å². The lowest BCUT2D eigenvalue weighted by molar-refractivity contribution is -0.138. The molecule has 0 bridgehead atoms. The first-order valence-electron chi connectivity index (χ1n) is 12.1. The Morgan fingerprint density at radius 1 is 0.865 bits per heavy atom. The van der Waals surface area contributed by atoms with E-state index in [0.717, 1.165) is 6.42 Å². The summed E-state index contributed by atoms with van der Waals surface area (Å²) in [5, 5.41) is 39.6. The summed E-state index contributed by atoms with van der Waals surface area (Å²) in [6, 6.07) is -0.948. The number of hydrogen-bond donors (Lipinski definition) is 6. The third-order valence-corrected chi connectivity index (χ3v) is 6.04. The van der Waals surface area contributed by atoms with Gasteiger partial charge in [-0.25, -0.2) is 0 Å². The van der Waals surface area contributed by atoms with Crippen LogP contribution in [0.15, 0.2) is 72.9 Å². The summed E-state index contributed by atoms with van der Waals surface area (Å²) in [7, 11) is 0. The van der Waals surface area contributed by atoms with Gasteiger partial charge in [0, 0.05) is 17.4 Å². The highest BCUT2D eigenvalue weighted by Crippen LogP contribution is 2.20. The maximum Gasteiger partial charge on any atom is 0.322 e. The molecule has 0 rings (SSSR count). The molecule has 10 heteroatoms. The van der Waals surface area contributed by atoms with Crippen molar-refractivity contribution in [2.75, 3.05) is 12.3 Å². The molecule has 0 fully saturated rings.